The van der Waals surface area contributed by atoms with Gasteiger partial charge in [-0.05, 0) is 17.7 Å². The van der Waals surface area contributed by atoms with E-state index in [1.54, 1.807) is 12.1 Å². The second-order valence-corrected chi connectivity index (χ2v) is 3.00. The molecule has 0 atom stereocenters. The third-order valence-electron chi connectivity index (χ3n) is 1.71. The Morgan fingerprint density at radius 3 is 2.38 bits per heavy atom. The summed E-state index contributed by atoms with van der Waals surface area (Å²) in [5.74, 6) is 2.17. The molecule has 0 bridgehead atoms. The van der Waals surface area contributed by atoms with Crippen molar-refractivity contribution in [3.05, 3.63) is 29.8 Å². The smallest absolute Gasteiger partial charge is 0.406 e. The third-order valence-corrected chi connectivity index (χ3v) is 1.71. The fourth-order valence-electron chi connectivity index (χ4n) is 1.09. The number of rotatable bonds is 4. The Morgan fingerprint density at radius 2 is 1.88 bits per heavy atom. The van der Waals surface area contributed by atoms with Crippen LogP contribution >= 0.6 is 0 Å². The SMILES string of the molecule is C#CCNCc1ccc(OC(F)(F)F)cc1. The second-order valence-electron chi connectivity index (χ2n) is 3.00. The monoisotopic (exact) mass is 229 g/mol. The van der Waals surface area contributed by atoms with Gasteiger partial charge in [0, 0.05) is 6.54 Å². The molecule has 0 aliphatic carbocycles. The predicted octanol–water partition coefficient (Wildman–Crippen LogP) is 2.31. The minimum atomic E-state index is -4.65. The zero-order chi connectivity index (χ0) is 12.0. The molecule has 1 rings (SSSR count). The van der Waals surface area contributed by atoms with E-state index in [0.717, 1.165) is 5.56 Å². The average Bonchev–Trinajstić information content (AvgIpc) is 2.19. The van der Waals surface area contributed by atoms with Crippen LogP contribution in [0.15, 0.2) is 24.3 Å². The van der Waals surface area contributed by atoms with Gasteiger partial charge in [-0.2, -0.15) is 0 Å². The Bertz CT molecular complexity index is 364. The summed E-state index contributed by atoms with van der Waals surface area (Å²) in [7, 11) is 0. The number of ether oxygens (including phenoxy) is 1. The first-order chi connectivity index (χ1) is 7.51. The van der Waals surface area contributed by atoms with E-state index in [9.17, 15) is 13.2 Å². The van der Waals surface area contributed by atoms with E-state index in [2.05, 4.69) is 16.0 Å². The van der Waals surface area contributed by atoms with Crippen molar-refractivity contribution >= 4 is 0 Å². The number of benzene rings is 1. The lowest BCUT2D eigenvalue weighted by Gasteiger charge is -2.09. The van der Waals surface area contributed by atoms with E-state index < -0.39 is 6.36 Å². The number of halogens is 3. The molecule has 1 N–H and O–H groups in total. The third kappa shape index (κ3) is 4.71. The number of hydrogen-bond donors (Lipinski definition) is 1. The van der Waals surface area contributed by atoms with Crippen molar-refractivity contribution in [3.8, 4) is 18.1 Å². The lowest BCUT2D eigenvalue weighted by Crippen LogP contribution is -2.17. The standard InChI is InChI=1S/C11H10F3NO/c1-2-7-15-8-9-3-5-10(6-4-9)16-11(12,13)14/h1,3-6,15H,7-8H2. The van der Waals surface area contributed by atoms with Crippen LogP contribution in [0.3, 0.4) is 0 Å². The van der Waals surface area contributed by atoms with Gasteiger partial charge in [-0.25, -0.2) is 0 Å². The molecule has 1 aromatic rings. The molecule has 0 unspecified atom stereocenters. The van der Waals surface area contributed by atoms with Crippen LogP contribution in [-0.2, 0) is 6.54 Å². The van der Waals surface area contributed by atoms with Crippen LogP contribution in [-0.4, -0.2) is 12.9 Å². The Labute approximate surface area is 91.4 Å². The molecule has 1 aromatic carbocycles. The minimum Gasteiger partial charge on any atom is -0.406 e. The summed E-state index contributed by atoms with van der Waals surface area (Å²) in [5.41, 5.74) is 0.838. The summed E-state index contributed by atoms with van der Waals surface area (Å²) in [6.45, 7) is 0.928. The molecule has 16 heavy (non-hydrogen) atoms. The van der Waals surface area contributed by atoms with Gasteiger partial charge in [0.15, 0.2) is 0 Å². The molecule has 0 fully saturated rings. The molecule has 0 amide bonds. The van der Waals surface area contributed by atoms with Gasteiger partial charge in [0.2, 0.25) is 0 Å². The van der Waals surface area contributed by atoms with E-state index in [4.69, 9.17) is 6.42 Å². The highest BCUT2D eigenvalue weighted by Crippen LogP contribution is 2.22. The Hall–Kier alpha value is -1.67. The highest BCUT2D eigenvalue weighted by molar-refractivity contribution is 5.27. The Balaban J connectivity index is 2.52. The summed E-state index contributed by atoms with van der Waals surface area (Å²) >= 11 is 0. The summed E-state index contributed by atoms with van der Waals surface area (Å²) < 4.78 is 39.2. The fraction of sp³-hybridized carbons (Fsp3) is 0.273. The summed E-state index contributed by atoms with van der Waals surface area (Å²) in [6.07, 6.45) is 0.379. The van der Waals surface area contributed by atoms with Crippen molar-refractivity contribution in [2.45, 2.75) is 12.9 Å². The number of nitrogens with one attached hydrogen (secondary N) is 1. The predicted molar refractivity (Wildman–Crippen MR) is 53.7 cm³/mol. The number of terminal acetylenes is 1. The molecule has 0 heterocycles. The van der Waals surface area contributed by atoms with Crippen LogP contribution in [0.1, 0.15) is 5.56 Å². The number of alkyl halides is 3. The van der Waals surface area contributed by atoms with Crippen LogP contribution in [0.4, 0.5) is 13.2 Å². The first-order valence-corrected chi connectivity index (χ1v) is 4.50. The molecular weight excluding hydrogens is 219 g/mol. The Morgan fingerprint density at radius 1 is 1.25 bits per heavy atom. The van der Waals surface area contributed by atoms with Crippen LogP contribution in [0.25, 0.3) is 0 Å². The molecule has 0 saturated carbocycles. The zero-order valence-electron chi connectivity index (χ0n) is 8.34. The fourth-order valence-corrected chi connectivity index (χ4v) is 1.09. The zero-order valence-corrected chi connectivity index (χ0v) is 8.34. The van der Waals surface area contributed by atoms with Crippen LogP contribution in [0, 0.1) is 12.3 Å². The van der Waals surface area contributed by atoms with E-state index in [1.807, 2.05) is 0 Å². The highest BCUT2D eigenvalue weighted by atomic mass is 19.4. The van der Waals surface area contributed by atoms with Gasteiger partial charge in [0.1, 0.15) is 5.75 Å². The van der Waals surface area contributed by atoms with Crippen molar-refractivity contribution in [1.82, 2.24) is 5.32 Å². The molecule has 0 radical (unpaired) electrons. The molecule has 0 aromatic heterocycles. The first kappa shape index (κ1) is 12.4. The van der Waals surface area contributed by atoms with Gasteiger partial charge in [-0.1, -0.05) is 18.1 Å². The maximum Gasteiger partial charge on any atom is 0.573 e. The van der Waals surface area contributed by atoms with Gasteiger partial charge in [0.05, 0.1) is 6.54 Å². The molecule has 0 aliphatic heterocycles. The largest absolute Gasteiger partial charge is 0.573 e. The second kappa shape index (κ2) is 5.42. The lowest BCUT2D eigenvalue weighted by molar-refractivity contribution is -0.274. The lowest BCUT2D eigenvalue weighted by atomic mass is 10.2. The summed E-state index contributed by atoms with van der Waals surface area (Å²) in [5, 5.41) is 2.92. The van der Waals surface area contributed by atoms with Gasteiger partial charge >= 0.3 is 6.36 Å². The quantitative estimate of drug-likeness (QED) is 0.632. The van der Waals surface area contributed by atoms with Crippen LogP contribution in [0.2, 0.25) is 0 Å². The van der Waals surface area contributed by atoms with Crippen molar-refractivity contribution in [1.29, 1.82) is 0 Å². The molecule has 0 spiro atoms. The highest BCUT2D eigenvalue weighted by Gasteiger charge is 2.30. The van der Waals surface area contributed by atoms with Crippen LogP contribution in [0.5, 0.6) is 5.75 Å². The average molecular weight is 229 g/mol. The van der Waals surface area contributed by atoms with Gasteiger partial charge in [-0.15, -0.1) is 19.6 Å². The summed E-state index contributed by atoms with van der Waals surface area (Å²) in [6, 6.07) is 5.62. The Kier molecular flexibility index (Phi) is 4.20. The molecule has 0 saturated heterocycles. The molecular formula is C11H10F3NO. The van der Waals surface area contributed by atoms with Gasteiger partial charge < -0.3 is 10.1 Å². The van der Waals surface area contributed by atoms with E-state index in [1.165, 1.54) is 12.1 Å². The molecule has 5 heteroatoms. The maximum atomic E-state index is 11.8. The van der Waals surface area contributed by atoms with E-state index in [0.29, 0.717) is 13.1 Å². The maximum absolute atomic E-state index is 11.8. The van der Waals surface area contributed by atoms with Crippen molar-refractivity contribution in [2.75, 3.05) is 6.54 Å². The molecule has 86 valence electrons. The topological polar surface area (TPSA) is 21.3 Å². The van der Waals surface area contributed by atoms with Crippen molar-refractivity contribution < 1.29 is 17.9 Å². The van der Waals surface area contributed by atoms with E-state index in [-0.39, 0.29) is 5.75 Å². The van der Waals surface area contributed by atoms with Gasteiger partial charge in [-0.3, -0.25) is 0 Å². The molecule has 2 nitrogen and oxygen atoms in total. The van der Waals surface area contributed by atoms with Crippen molar-refractivity contribution in [2.24, 2.45) is 0 Å². The van der Waals surface area contributed by atoms with Crippen LogP contribution < -0.4 is 10.1 Å². The number of hydrogen-bond acceptors (Lipinski definition) is 2. The first-order valence-electron chi connectivity index (χ1n) is 4.50. The molecule has 0 aliphatic rings. The van der Waals surface area contributed by atoms with Crippen molar-refractivity contribution in [3.63, 3.8) is 0 Å². The summed E-state index contributed by atoms with van der Waals surface area (Å²) in [4.78, 5) is 0. The van der Waals surface area contributed by atoms with Gasteiger partial charge in [0.25, 0.3) is 0 Å². The van der Waals surface area contributed by atoms with E-state index >= 15 is 0 Å². The normalized spacial score (nSPS) is 10.9. The minimum absolute atomic E-state index is 0.229.